The molecule has 3 aromatic rings. The van der Waals surface area contributed by atoms with E-state index in [1.807, 2.05) is 66.7 Å². The Labute approximate surface area is 246 Å². The normalized spacial score (nSPS) is 10.5. The van der Waals surface area contributed by atoms with E-state index in [0.29, 0.717) is 6.42 Å². The van der Waals surface area contributed by atoms with Crippen LogP contribution in [0.3, 0.4) is 0 Å². The smallest absolute Gasteiger partial charge is 0.336 e. The fourth-order valence-electron chi connectivity index (χ4n) is 4.92. The van der Waals surface area contributed by atoms with Crippen LogP contribution in [-0.2, 0) is 12.8 Å². The van der Waals surface area contributed by atoms with Crippen molar-refractivity contribution in [1.29, 1.82) is 0 Å². The molecular weight excluding hydrogens is 512 g/mol. The zero-order chi connectivity index (χ0) is 29.7. The van der Waals surface area contributed by atoms with Gasteiger partial charge in [0.2, 0.25) is 0 Å². The number of para-hydroxylation sites is 2. The Bertz CT molecular complexity index is 1100. The van der Waals surface area contributed by atoms with E-state index >= 15 is 0 Å². The first-order chi connectivity index (χ1) is 20.0. The highest BCUT2D eigenvalue weighted by molar-refractivity contribution is 6.03. The number of ether oxygens (including phenoxy) is 1. The fourth-order valence-corrected chi connectivity index (χ4v) is 4.92. The Morgan fingerprint density at radius 2 is 1.02 bits per heavy atom. The Balaban J connectivity index is 0.000000372. The van der Waals surface area contributed by atoms with Gasteiger partial charge in [0.25, 0.3) is 0 Å². The highest BCUT2D eigenvalue weighted by Crippen LogP contribution is 2.25. The Hall–Kier alpha value is -3.60. The van der Waals surface area contributed by atoms with Crippen LogP contribution in [0, 0.1) is 0 Å². The van der Waals surface area contributed by atoms with Gasteiger partial charge in [0, 0.05) is 0 Å². The quantitative estimate of drug-likeness (QED) is 0.151. The molecule has 0 amide bonds. The maximum atomic E-state index is 11.9. The number of carboxylic acids is 2. The van der Waals surface area contributed by atoms with Crippen molar-refractivity contribution in [2.75, 3.05) is 0 Å². The largest absolute Gasteiger partial charge is 0.478 e. The molecule has 0 radical (unpaired) electrons. The summed E-state index contributed by atoms with van der Waals surface area (Å²) >= 11 is 0. The molecule has 0 saturated heterocycles. The Kier molecular flexibility index (Phi) is 16.6. The molecule has 2 N–H and O–H groups in total. The fraction of sp³-hybridized carbons (Fsp3) is 0.444. The first-order valence-corrected chi connectivity index (χ1v) is 15.4. The van der Waals surface area contributed by atoms with Gasteiger partial charge in [-0.15, -0.1) is 0 Å². The molecule has 3 rings (SSSR count). The van der Waals surface area contributed by atoms with Crippen LogP contribution < -0.4 is 4.74 Å². The van der Waals surface area contributed by atoms with Crippen LogP contribution in [-0.4, -0.2) is 22.2 Å². The highest BCUT2D eigenvalue weighted by Gasteiger charge is 2.22. The zero-order valence-corrected chi connectivity index (χ0v) is 24.9. The lowest BCUT2D eigenvalue weighted by molar-refractivity contribution is 0.0650. The molecule has 222 valence electrons. The van der Waals surface area contributed by atoms with Crippen LogP contribution in [0.25, 0.3) is 0 Å². The van der Waals surface area contributed by atoms with E-state index in [-0.39, 0.29) is 11.1 Å². The van der Waals surface area contributed by atoms with E-state index in [9.17, 15) is 19.8 Å². The van der Waals surface area contributed by atoms with E-state index in [2.05, 4.69) is 13.8 Å². The minimum absolute atomic E-state index is 0.00420. The lowest BCUT2D eigenvalue weighted by atomic mass is 9.89. The Morgan fingerprint density at radius 1 is 0.561 bits per heavy atom. The van der Waals surface area contributed by atoms with Crippen molar-refractivity contribution < 1.29 is 24.5 Å². The van der Waals surface area contributed by atoms with Gasteiger partial charge in [0.15, 0.2) is 0 Å². The summed E-state index contributed by atoms with van der Waals surface area (Å²) in [6.07, 6.45) is 15.4. The summed E-state index contributed by atoms with van der Waals surface area (Å²) in [5.41, 5.74) is 1.69. The average Bonchev–Trinajstić information content (AvgIpc) is 2.98. The predicted molar refractivity (Wildman–Crippen MR) is 167 cm³/mol. The van der Waals surface area contributed by atoms with E-state index in [1.54, 1.807) is 0 Å². The number of carbonyl (C=O) groups is 2. The predicted octanol–water partition coefficient (Wildman–Crippen LogP) is 10.4. The van der Waals surface area contributed by atoms with Gasteiger partial charge in [0.05, 0.1) is 11.1 Å². The van der Waals surface area contributed by atoms with Gasteiger partial charge in [-0.3, -0.25) is 0 Å². The lowest BCUT2D eigenvalue weighted by Crippen LogP contribution is -2.14. The van der Waals surface area contributed by atoms with Crippen molar-refractivity contribution in [2.24, 2.45) is 0 Å². The molecule has 0 aliphatic carbocycles. The second-order valence-corrected chi connectivity index (χ2v) is 10.5. The summed E-state index contributed by atoms with van der Waals surface area (Å²) in [4.78, 5) is 23.4. The number of benzene rings is 3. The summed E-state index contributed by atoms with van der Waals surface area (Å²) in [6.45, 7) is 4.39. The third kappa shape index (κ3) is 13.1. The molecule has 5 nitrogen and oxygen atoms in total. The van der Waals surface area contributed by atoms with Gasteiger partial charge in [-0.1, -0.05) is 121 Å². The molecule has 5 heteroatoms. The number of hydrogen-bond donors (Lipinski definition) is 2. The molecule has 3 aromatic carbocycles. The van der Waals surface area contributed by atoms with Gasteiger partial charge in [-0.05, 0) is 67.1 Å². The number of rotatable bonds is 18. The maximum absolute atomic E-state index is 11.9. The number of aromatic carboxylic acids is 2. The first-order valence-electron chi connectivity index (χ1n) is 15.4. The standard InChI is InChI=1S/C24H38O4.C12H10O/c1-3-5-7-9-11-13-15-19-17-18-21(23(25)26)22(24(27)28)20(19)16-14-12-10-8-6-4-2;1-3-7-11(8-4-1)13-12-9-5-2-6-10-12/h17-18H,3-16H2,1-2H3,(H,25,26)(H,27,28);1-10H. The van der Waals surface area contributed by atoms with E-state index in [0.717, 1.165) is 61.2 Å². The van der Waals surface area contributed by atoms with Gasteiger partial charge in [-0.2, -0.15) is 0 Å². The molecule has 0 aromatic heterocycles. The number of carboxylic acid groups (broad SMARTS) is 2. The molecule has 0 unspecified atom stereocenters. The topological polar surface area (TPSA) is 83.8 Å². The SMILES string of the molecule is CCCCCCCCc1ccc(C(=O)O)c(C(=O)O)c1CCCCCCCC.c1ccc(Oc2ccccc2)cc1. The summed E-state index contributed by atoms with van der Waals surface area (Å²) in [5.74, 6) is -0.543. The average molecular weight is 561 g/mol. The Morgan fingerprint density at radius 3 is 1.49 bits per heavy atom. The number of aryl methyl sites for hydroxylation is 1. The monoisotopic (exact) mass is 560 g/mol. The summed E-state index contributed by atoms with van der Waals surface area (Å²) in [7, 11) is 0. The van der Waals surface area contributed by atoms with Crippen molar-refractivity contribution in [1.82, 2.24) is 0 Å². The molecule has 0 aliphatic rings. The van der Waals surface area contributed by atoms with Gasteiger partial charge < -0.3 is 14.9 Å². The van der Waals surface area contributed by atoms with E-state index in [4.69, 9.17) is 4.74 Å². The van der Waals surface area contributed by atoms with Crippen molar-refractivity contribution in [3.63, 3.8) is 0 Å². The second kappa shape index (κ2) is 20.3. The maximum Gasteiger partial charge on any atom is 0.336 e. The molecule has 0 heterocycles. The molecule has 0 atom stereocenters. The van der Waals surface area contributed by atoms with Crippen molar-refractivity contribution in [2.45, 2.75) is 104 Å². The van der Waals surface area contributed by atoms with Crippen molar-refractivity contribution in [3.8, 4) is 11.5 Å². The third-order valence-corrected chi connectivity index (χ3v) is 7.16. The molecule has 0 saturated carbocycles. The zero-order valence-electron chi connectivity index (χ0n) is 24.9. The van der Waals surface area contributed by atoms with E-state index in [1.165, 1.54) is 51.0 Å². The number of unbranched alkanes of at least 4 members (excludes halogenated alkanes) is 10. The van der Waals surface area contributed by atoms with Crippen LogP contribution in [0.5, 0.6) is 11.5 Å². The van der Waals surface area contributed by atoms with Crippen molar-refractivity contribution in [3.05, 3.63) is 95.1 Å². The van der Waals surface area contributed by atoms with Crippen LogP contribution in [0.2, 0.25) is 0 Å². The highest BCUT2D eigenvalue weighted by atomic mass is 16.5. The van der Waals surface area contributed by atoms with Gasteiger partial charge in [0.1, 0.15) is 11.5 Å². The molecule has 0 spiro atoms. The van der Waals surface area contributed by atoms with Crippen LogP contribution >= 0.6 is 0 Å². The summed E-state index contributed by atoms with van der Waals surface area (Å²) in [5, 5.41) is 19.1. The third-order valence-electron chi connectivity index (χ3n) is 7.16. The first kappa shape index (κ1) is 33.6. The molecule has 0 bridgehead atoms. The van der Waals surface area contributed by atoms with Crippen molar-refractivity contribution >= 4 is 11.9 Å². The summed E-state index contributed by atoms with van der Waals surface area (Å²) < 4.78 is 5.58. The lowest BCUT2D eigenvalue weighted by Gasteiger charge is -2.15. The van der Waals surface area contributed by atoms with Crippen LogP contribution in [0.4, 0.5) is 0 Å². The molecular formula is C36H48O5. The summed E-state index contributed by atoms with van der Waals surface area (Å²) in [6, 6.07) is 22.8. The minimum Gasteiger partial charge on any atom is -0.478 e. The second-order valence-electron chi connectivity index (χ2n) is 10.5. The number of hydrogen-bond acceptors (Lipinski definition) is 3. The molecule has 0 fully saturated rings. The molecule has 41 heavy (non-hydrogen) atoms. The van der Waals surface area contributed by atoms with E-state index < -0.39 is 11.9 Å². The van der Waals surface area contributed by atoms with Crippen LogP contribution in [0.15, 0.2) is 72.8 Å². The van der Waals surface area contributed by atoms with Gasteiger partial charge in [-0.25, -0.2) is 9.59 Å². The molecule has 0 aliphatic heterocycles. The van der Waals surface area contributed by atoms with Crippen LogP contribution in [0.1, 0.15) is 123 Å². The van der Waals surface area contributed by atoms with Gasteiger partial charge >= 0.3 is 11.9 Å². The minimum atomic E-state index is -1.16.